The van der Waals surface area contributed by atoms with Gasteiger partial charge in [0.15, 0.2) is 0 Å². The first-order valence-electron chi connectivity index (χ1n) is 5.84. The smallest absolute Gasteiger partial charge is 0.209 e. The normalized spacial score (nSPS) is 15.6. The van der Waals surface area contributed by atoms with E-state index >= 15 is 0 Å². The number of hydrogen-bond acceptors (Lipinski definition) is 2. The van der Waals surface area contributed by atoms with Crippen molar-refractivity contribution in [2.45, 2.75) is 12.8 Å². The zero-order valence-electron chi connectivity index (χ0n) is 10.1. The van der Waals surface area contributed by atoms with Crippen LogP contribution in [0.1, 0.15) is 18.4 Å². The lowest BCUT2D eigenvalue weighted by atomic mass is 10.0. The monoisotopic (exact) mass is 231 g/mol. The fourth-order valence-electron chi connectivity index (χ4n) is 2.00. The van der Waals surface area contributed by atoms with Crippen LogP contribution in [0, 0.1) is 0 Å². The van der Waals surface area contributed by atoms with Crippen LogP contribution >= 0.6 is 0 Å². The molecule has 1 saturated heterocycles. The van der Waals surface area contributed by atoms with E-state index in [1.165, 1.54) is 11.1 Å². The zero-order valence-corrected chi connectivity index (χ0v) is 10.1. The van der Waals surface area contributed by atoms with Gasteiger partial charge >= 0.3 is 0 Å². The summed E-state index contributed by atoms with van der Waals surface area (Å²) in [5.74, 6) is 0.878. The highest BCUT2D eigenvalue weighted by atomic mass is 16.5. The van der Waals surface area contributed by atoms with Crippen molar-refractivity contribution < 1.29 is 9.53 Å². The van der Waals surface area contributed by atoms with E-state index in [4.69, 9.17) is 4.74 Å². The van der Waals surface area contributed by atoms with Crippen LogP contribution in [0.15, 0.2) is 29.8 Å². The van der Waals surface area contributed by atoms with Gasteiger partial charge in [0.1, 0.15) is 5.75 Å². The quantitative estimate of drug-likeness (QED) is 0.747. The van der Waals surface area contributed by atoms with Crippen LogP contribution in [0.4, 0.5) is 0 Å². The Hall–Kier alpha value is -1.77. The van der Waals surface area contributed by atoms with Crippen molar-refractivity contribution >= 4 is 12.5 Å². The van der Waals surface area contributed by atoms with Gasteiger partial charge in [-0.05, 0) is 30.5 Å². The molecule has 3 heteroatoms. The molecule has 2 rings (SSSR count). The van der Waals surface area contributed by atoms with Gasteiger partial charge < -0.3 is 9.64 Å². The molecule has 1 aliphatic rings. The number of amides is 1. The van der Waals surface area contributed by atoms with E-state index in [-0.39, 0.29) is 0 Å². The molecule has 1 fully saturated rings. The summed E-state index contributed by atoms with van der Waals surface area (Å²) in [5.41, 5.74) is 2.61. The number of ether oxygens (including phenoxy) is 1. The number of benzene rings is 1. The summed E-state index contributed by atoms with van der Waals surface area (Å²) in [6, 6.07) is 8.04. The number of rotatable bonds is 3. The molecule has 1 aromatic carbocycles. The van der Waals surface area contributed by atoms with Crippen molar-refractivity contribution in [1.29, 1.82) is 0 Å². The molecule has 1 aliphatic heterocycles. The van der Waals surface area contributed by atoms with Crippen molar-refractivity contribution in [3.8, 4) is 5.75 Å². The van der Waals surface area contributed by atoms with Gasteiger partial charge in [-0.3, -0.25) is 4.79 Å². The molecule has 1 heterocycles. The standard InChI is InChI=1S/C14H17NO2/c1-17-14-4-2-12(3-5-14)10-13-6-8-15(11-16)9-7-13/h2-5,10-11H,6-9H2,1H3. The molecular formula is C14H17NO2. The molecule has 1 aromatic rings. The maximum Gasteiger partial charge on any atom is 0.209 e. The second-order valence-electron chi connectivity index (χ2n) is 4.22. The van der Waals surface area contributed by atoms with Crippen LogP contribution in [0.3, 0.4) is 0 Å². The topological polar surface area (TPSA) is 29.5 Å². The minimum Gasteiger partial charge on any atom is -0.497 e. The van der Waals surface area contributed by atoms with Crippen LogP contribution in [0.2, 0.25) is 0 Å². The molecular weight excluding hydrogens is 214 g/mol. The van der Waals surface area contributed by atoms with Crippen LogP contribution in [-0.4, -0.2) is 31.5 Å². The van der Waals surface area contributed by atoms with Gasteiger partial charge in [0.25, 0.3) is 0 Å². The van der Waals surface area contributed by atoms with Crippen molar-refractivity contribution in [3.63, 3.8) is 0 Å². The second-order valence-corrected chi connectivity index (χ2v) is 4.22. The van der Waals surface area contributed by atoms with E-state index in [0.29, 0.717) is 0 Å². The zero-order chi connectivity index (χ0) is 12.1. The summed E-state index contributed by atoms with van der Waals surface area (Å²) in [4.78, 5) is 12.4. The van der Waals surface area contributed by atoms with Gasteiger partial charge in [-0.25, -0.2) is 0 Å². The third-order valence-electron chi connectivity index (χ3n) is 3.08. The van der Waals surface area contributed by atoms with Crippen molar-refractivity contribution in [2.75, 3.05) is 20.2 Å². The molecule has 0 atom stereocenters. The molecule has 90 valence electrons. The van der Waals surface area contributed by atoms with Gasteiger partial charge in [0.05, 0.1) is 7.11 Å². The maximum atomic E-state index is 10.6. The Kier molecular flexibility index (Phi) is 3.81. The molecule has 0 aliphatic carbocycles. The van der Waals surface area contributed by atoms with Gasteiger partial charge in [-0.1, -0.05) is 23.8 Å². The van der Waals surface area contributed by atoms with E-state index in [1.807, 2.05) is 17.0 Å². The van der Waals surface area contributed by atoms with Crippen molar-refractivity contribution in [1.82, 2.24) is 4.90 Å². The summed E-state index contributed by atoms with van der Waals surface area (Å²) < 4.78 is 5.12. The molecule has 0 bridgehead atoms. The molecule has 0 radical (unpaired) electrons. The summed E-state index contributed by atoms with van der Waals surface area (Å²) in [5, 5.41) is 0. The van der Waals surface area contributed by atoms with Crippen LogP contribution in [-0.2, 0) is 4.79 Å². The highest BCUT2D eigenvalue weighted by Crippen LogP contribution is 2.20. The minimum absolute atomic E-state index is 0.839. The number of methoxy groups -OCH3 is 1. The molecule has 17 heavy (non-hydrogen) atoms. The molecule has 0 spiro atoms. The molecule has 0 unspecified atom stereocenters. The lowest BCUT2D eigenvalue weighted by Crippen LogP contribution is -2.29. The molecule has 0 aromatic heterocycles. The summed E-state index contributed by atoms with van der Waals surface area (Å²) in [6.07, 6.45) is 5.10. The Balaban J connectivity index is 2.01. The average Bonchev–Trinajstić information content (AvgIpc) is 2.40. The van der Waals surface area contributed by atoms with E-state index in [0.717, 1.165) is 38.1 Å². The fourth-order valence-corrected chi connectivity index (χ4v) is 2.00. The number of piperidine rings is 1. The first-order chi connectivity index (χ1) is 8.31. The Labute approximate surface area is 102 Å². The summed E-state index contributed by atoms with van der Waals surface area (Å²) >= 11 is 0. The second kappa shape index (κ2) is 5.53. The van der Waals surface area contributed by atoms with Gasteiger partial charge in [0.2, 0.25) is 6.41 Å². The van der Waals surface area contributed by atoms with Crippen LogP contribution < -0.4 is 4.74 Å². The molecule has 1 amide bonds. The third-order valence-corrected chi connectivity index (χ3v) is 3.08. The first kappa shape index (κ1) is 11.7. The Morgan fingerprint density at radius 3 is 2.35 bits per heavy atom. The summed E-state index contributed by atoms with van der Waals surface area (Å²) in [6.45, 7) is 1.68. The van der Waals surface area contributed by atoms with E-state index in [1.54, 1.807) is 7.11 Å². The minimum atomic E-state index is 0.839. The number of likely N-dealkylation sites (tertiary alicyclic amines) is 1. The van der Waals surface area contributed by atoms with Crippen molar-refractivity contribution in [2.24, 2.45) is 0 Å². The summed E-state index contributed by atoms with van der Waals surface area (Å²) in [7, 11) is 1.67. The highest BCUT2D eigenvalue weighted by Gasteiger charge is 2.11. The number of nitrogens with zero attached hydrogens (tertiary/aromatic N) is 1. The Morgan fingerprint density at radius 2 is 1.82 bits per heavy atom. The van der Waals surface area contributed by atoms with E-state index in [9.17, 15) is 4.79 Å². The average molecular weight is 231 g/mol. The molecule has 0 saturated carbocycles. The Morgan fingerprint density at radius 1 is 1.18 bits per heavy atom. The predicted octanol–water partition coefficient (Wildman–Crippen LogP) is 2.33. The van der Waals surface area contributed by atoms with Gasteiger partial charge in [-0.2, -0.15) is 0 Å². The highest BCUT2D eigenvalue weighted by molar-refractivity contribution is 5.55. The van der Waals surface area contributed by atoms with Crippen molar-refractivity contribution in [3.05, 3.63) is 35.4 Å². The molecule has 3 nitrogen and oxygen atoms in total. The predicted molar refractivity (Wildman–Crippen MR) is 67.8 cm³/mol. The fraction of sp³-hybridized carbons (Fsp3) is 0.357. The lowest BCUT2D eigenvalue weighted by Gasteiger charge is -2.24. The third kappa shape index (κ3) is 3.09. The number of carbonyl (C=O) groups excluding carboxylic acids is 1. The van der Waals surface area contributed by atoms with Crippen LogP contribution in [0.25, 0.3) is 6.08 Å². The van der Waals surface area contributed by atoms with Gasteiger partial charge in [-0.15, -0.1) is 0 Å². The SMILES string of the molecule is COc1ccc(C=C2CCN(C=O)CC2)cc1. The molecule has 0 N–H and O–H groups in total. The number of carbonyl (C=O) groups is 1. The first-order valence-corrected chi connectivity index (χ1v) is 5.84. The van der Waals surface area contributed by atoms with Crippen LogP contribution in [0.5, 0.6) is 5.75 Å². The maximum absolute atomic E-state index is 10.6. The Bertz CT molecular complexity index is 399. The lowest BCUT2D eigenvalue weighted by molar-refractivity contribution is -0.118. The number of hydrogen-bond donors (Lipinski definition) is 0. The van der Waals surface area contributed by atoms with Gasteiger partial charge in [0, 0.05) is 13.1 Å². The largest absolute Gasteiger partial charge is 0.497 e. The van der Waals surface area contributed by atoms with E-state index < -0.39 is 0 Å². The van der Waals surface area contributed by atoms with E-state index in [2.05, 4.69) is 18.2 Å².